The van der Waals surface area contributed by atoms with Gasteiger partial charge in [-0.1, -0.05) is 0 Å². The van der Waals surface area contributed by atoms with Crippen LogP contribution >= 0.6 is 0 Å². The average Bonchev–Trinajstić information content (AvgIpc) is 2.84. The van der Waals surface area contributed by atoms with Crippen LogP contribution in [0, 0.1) is 13.8 Å². The molecule has 0 radical (unpaired) electrons. The van der Waals surface area contributed by atoms with Crippen molar-refractivity contribution in [2.24, 2.45) is 7.05 Å². The summed E-state index contributed by atoms with van der Waals surface area (Å²) in [4.78, 5) is 0. The van der Waals surface area contributed by atoms with Crippen LogP contribution in [0.15, 0.2) is 12.4 Å². The van der Waals surface area contributed by atoms with Crippen molar-refractivity contribution in [3.05, 3.63) is 34.9 Å². The fraction of sp³-hybridized carbons (Fsp3) is 0.500. The highest BCUT2D eigenvalue weighted by molar-refractivity contribution is 5.20. The van der Waals surface area contributed by atoms with Gasteiger partial charge in [0.2, 0.25) is 0 Å². The van der Waals surface area contributed by atoms with Crippen LogP contribution in [0.1, 0.15) is 35.5 Å². The van der Waals surface area contributed by atoms with Gasteiger partial charge < -0.3 is 5.32 Å². The van der Waals surface area contributed by atoms with Gasteiger partial charge in [-0.05, 0) is 20.8 Å². The van der Waals surface area contributed by atoms with E-state index in [0.717, 1.165) is 12.2 Å². The lowest BCUT2D eigenvalue weighted by atomic mass is 10.1. The van der Waals surface area contributed by atoms with E-state index in [2.05, 4.69) is 34.5 Å². The largest absolute Gasteiger partial charge is 0.306 e. The van der Waals surface area contributed by atoms with E-state index in [1.54, 1.807) is 0 Å². The molecule has 0 bridgehead atoms. The molecule has 2 rings (SSSR count). The van der Waals surface area contributed by atoms with Gasteiger partial charge in [-0.3, -0.25) is 9.78 Å². The fourth-order valence-electron chi connectivity index (χ4n) is 1.87. The Kier molecular flexibility index (Phi) is 3.28. The smallest absolute Gasteiger partial charge is 0.0540 e. The van der Waals surface area contributed by atoms with Gasteiger partial charge in [0.25, 0.3) is 0 Å². The minimum Gasteiger partial charge on any atom is -0.306 e. The second-order valence-electron chi connectivity index (χ2n) is 4.43. The number of nitrogens with one attached hydrogen (secondary N) is 2. The molecule has 0 aliphatic heterocycles. The highest BCUT2D eigenvalue weighted by atomic mass is 15.3. The maximum Gasteiger partial charge on any atom is 0.0540 e. The summed E-state index contributed by atoms with van der Waals surface area (Å²) in [5.41, 5.74) is 4.77. The molecule has 2 N–H and O–H groups in total. The monoisotopic (exact) mass is 233 g/mol. The summed E-state index contributed by atoms with van der Waals surface area (Å²) in [7, 11) is 1.96. The van der Waals surface area contributed by atoms with E-state index in [0.29, 0.717) is 0 Å². The number of aromatic nitrogens is 4. The van der Waals surface area contributed by atoms with Crippen LogP contribution in [-0.2, 0) is 13.6 Å². The highest BCUT2D eigenvalue weighted by Gasteiger charge is 2.12. The molecule has 0 saturated heterocycles. The van der Waals surface area contributed by atoms with Crippen LogP contribution in [-0.4, -0.2) is 20.0 Å². The average molecular weight is 233 g/mol. The van der Waals surface area contributed by atoms with Crippen molar-refractivity contribution >= 4 is 0 Å². The van der Waals surface area contributed by atoms with Crippen molar-refractivity contribution < 1.29 is 0 Å². The van der Waals surface area contributed by atoms with E-state index in [-0.39, 0.29) is 6.04 Å². The lowest BCUT2D eigenvalue weighted by molar-refractivity contribution is 0.569. The quantitative estimate of drug-likeness (QED) is 0.843. The number of nitrogens with zero attached hydrogens (tertiary/aromatic N) is 3. The van der Waals surface area contributed by atoms with E-state index >= 15 is 0 Å². The zero-order valence-corrected chi connectivity index (χ0v) is 10.8. The Hall–Kier alpha value is -1.62. The van der Waals surface area contributed by atoms with Crippen molar-refractivity contribution in [1.82, 2.24) is 25.3 Å². The van der Waals surface area contributed by atoms with Crippen molar-refractivity contribution in [3.8, 4) is 0 Å². The Labute approximate surface area is 101 Å². The minimum absolute atomic E-state index is 0.290. The number of aryl methyl sites for hydroxylation is 2. The van der Waals surface area contributed by atoms with Gasteiger partial charge in [-0.15, -0.1) is 0 Å². The number of hydrogen-bond donors (Lipinski definition) is 2. The Morgan fingerprint density at radius 3 is 2.71 bits per heavy atom. The van der Waals surface area contributed by atoms with Crippen molar-refractivity contribution in [3.63, 3.8) is 0 Å². The third kappa shape index (κ3) is 2.39. The molecule has 0 saturated carbocycles. The van der Waals surface area contributed by atoms with Crippen LogP contribution in [0.2, 0.25) is 0 Å². The number of H-pyrrole nitrogens is 1. The molecule has 2 aromatic rings. The predicted octanol–water partition coefficient (Wildman–Crippen LogP) is 1.61. The standard InChI is InChI=1S/C12H19N5/c1-8-11(6-14-16-8)5-13-9(2)12-7-15-17(4)10(12)3/h6-7,9,13H,5H2,1-4H3,(H,14,16). The summed E-state index contributed by atoms with van der Waals surface area (Å²) in [6, 6.07) is 0.290. The SMILES string of the molecule is Cc1[nH]ncc1CNC(C)c1cnn(C)c1C. The summed E-state index contributed by atoms with van der Waals surface area (Å²) in [5, 5.41) is 14.7. The molecule has 2 aromatic heterocycles. The molecule has 5 nitrogen and oxygen atoms in total. The van der Waals surface area contributed by atoms with Gasteiger partial charge in [-0.2, -0.15) is 10.2 Å². The van der Waals surface area contributed by atoms with Crippen LogP contribution in [0.4, 0.5) is 0 Å². The van der Waals surface area contributed by atoms with Crippen molar-refractivity contribution in [2.75, 3.05) is 0 Å². The molecular formula is C12H19N5. The Morgan fingerprint density at radius 2 is 2.18 bits per heavy atom. The molecule has 17 heavy (non-hydrogen) atoms. The maximum absolute atomic E-state index is 4.26. The first-order chi connectivity index (χ1) is 8.09. The zero-order valence-electron chi connectivity index (χ0n) is 10.8. The van der Waals surface area contributed by atoms with Gasteiger partial charge >= 0.3 is 0 Å². The Bertz CT molecular complexity index is 497. The van der Waals surface area contributed by atoms with Crippen molar-refractivity contribution in [1.29, 1.82) is 0 Å². The molecule has 0 spiro atoms. The molecule has 2 heterocycles. The fourth-order valence-corrected chi connectivity index (χ4v) is 1.87. The van der Waals surface area contributed by atoms with Crippen LogP contribution < -0.4 is 5.32 Å². The molecule has 1 atom stereocenters. The van der Waals surface area contributed by atoms with Gasteiger partial charge in [0, 0.05) is 42.1 Å². The third-order valence-electron chi connectivity index (χ3n) is 3.27. The first kappa shape index (κ1) is 11.9. The number of hydrogen-bond acceptors (Lipinski definition) is 3. The minimum atomic E-state index is 0.290. The van der Waals surface area contributed by atoms with Gasteiger partial charge in [0.05, 0.1) is 12.4 Å². The third-order valence-corrected chi connectivity index (χ3v) is 3.27. The lowest BCUT2D eigenvalue weighted by Gasteiger charge is -2.13. The second kappa shape index (κ2) is 4.71. The Balaban J connectivity index is 2.00. The molecule has 0 aromatic carbocycles. The van der Waals surface area contributed by atoms with Gasteiger partial charge in [0.15, 0.2) is 0 Å². The predicted molar refractivity (Wildman–Crippen MR) is 66.5 cm³/mol. The molecular weight excluding hydrogens is 214 g/mol. The first-order valence-corrected chi connectivity index (χ1v) is 5.80. The zero-order chi connectivity index (χ0) is 12.4. The van der Waals surface area contributed by atoms with Crippen LogP contribution in [0.3, 0.4) is 0 Å². The van der Waals surface area contributed by atoms with Crippen LogP contribution in [0.5, 0.6) is 0 Å². The van der Waals surface area contributed by atoms with E-state index in [4.69, 9.17) is 0 Å². The topological polar surface area (TPSA) is 58.5 Å². The summed E-state index contributed by atoms with van der Waals surface area (Å²) in [5.74, 6) is 0. The second-order valence-corrected chi connectivity index (χ2v) is 4.43. The van der Waals surface area contributed by atoms with Gasteiger partial charge in [0.1, 0.15) is 0 Å². The summed E-state index contributed by atoms with van der Waals surface area (Å²) in [6.07, 6.45) is 3.79. The molecule has 92 valence electrons. The van der Waals surface area contributed by atoms with E-state index in [9.17, 15) is 0 Å². The van der Waals surface area contributed by atoms with Gasteiger partial charge in [-0.25, -0.2) is 0 Å². The number of aromatic amines is 1. The molecule has 0 aliphatic rings. The molecule has 1 unspecified atom stereocenters. The summed E-state index contributed by atoms with van der Waals surface area (Å²) >= 11 is 0. The molecule has 0 fully saturated rings. The molecule has 0 amide bonds. The van der Waals surface area contributed by atoms with Crippen LogP contribution in [0.25, 0.3) is 0 Å². The van der Waals surface area contributed by atoms with E-state index < -0.39 is 0 Å². The van der Waals surface area contributed by atoms with E-state index in [1.165, 1.54) is 16.8 Å². The maximum atomic E-state index is 4.26. The molecule has 5 heteroatoms. The summed E-state index contributed by atoms with van der Waals surface area (Å²) < 4.78 is 1.90. The molecule has 0 aliphatic carbocycles. The number of rotatable bonds is 4. The normalized spacial score (nSPS) is 12.9. The lowest BCUT2D eigenvalue weighted by Crippen LogP contribution is -2.18. The highest BCUT2D eigenvalue weighted by Crippen LogP contribution is 2.16. The first-order valence-electron chi connectivity index (χ1n) is 5.80. The van der Waals surface area contributed by atoms with Crippen molar-refractivity contribution in [2.45, 2.75) is 33.4 Å². The Morgan fingerprint density at radius 1 is 1.41 bits per heavy atom. The summed E-state index contributed by atoms with van der Waals surface area (Å²) in [6.45, 7) is 7.09. The van der Waals surface area contributed by atoms with E-state index in [1.807, 2.05) is 31.0 Å².